The van der Waals surface area contributed by atoms with E-state index in [1.807, 2.05) is 6.08 Å². The van der Waals surface area contributed by atoms with Crippen molar-refractivity contribution in [3.8, 4) is 17.2 Å². The molecule has 0 fully saturated rings. The predicted molar refractivity (Wildman–Crippen MR) is 249 cm³/mol. The largest absolute Gasteiger partial charge is 0.457 e. The number of hydrogen-bond acceptors (Lipinski definition) is 1. The van der Waals surface area contributed by atoms with Crippen molar-refractivity contribution in [2.24, 2.45) is 0 Å². The highest BCUT2D eigenvalue weighted by Crippen LogP contribution is 2.55. The van der Waals surface area contributed by atoms with Crippen molar-refractivity contribution >= 4 is 56.2 Å². The third-order valence-corrected chi connectivity index (χ3v) is 17.6. The van der Waals surface area contributed by atoms with Gasteiger partial charge >= 0.3 is 0 Å². The van der Waals surface area contributed by atoms with E-state index in [4.69, 9.17) is 4.74 Å². The lowest BCUT2D eigenvalue weighted by Gasteiger charge is -2.39. The Hall–Kier alpha value is -7.20. The van der Waals surface area contributed by atoms with Gasteiger partial charge in [0.05, 0.1) is 21.8 Å². The first kappa shape index (κ1) is 35.0. The van der Waals surface area contributed by atoms with Gasteiger partial charge in [-0.3, -0.25) is 0 Å². The molecule has 0 amide bonds. The quantitative estimate of drug-likeness (QED) is 0.116. The molecule has 0 bridgehead atoms. The SMILES string of the molecule is C=C/C=C\C1=C(C)c2ccccc2C1(c1ccccc1)c1ccc(-n2c3ccccc3c3c4c(ccc32)[Si](c2ccccc2)(c2ccccc2)c2ccccc2O4)cc1. The van der Waals surface area contributed by atoms with E-state index in [2.05, 4.69) is 230 Å². The van der Waals surface area contributed by atoms with Gasteiger partial charge in [-0.1, -0.05) is 195 Å². The normalized spacial score (nSPS) is 16.5. The second kappa shape index (κ2) is 13.7. The van der Waals surface area contributed by atoms with Gasteiger partial charge in [0, 0.05) is 11.1 Å². The van der Waals surface area contributed by atoms with Gasteiger partial charge < -0.3 is 9.30 Å². The van der Waals surface area contributed by atoms with E-state index in [1.165, 1.54) is 59.5 Å². The lowest BCUT2D eigenvalue weighted by atomic mass is 9.66. The van der Waals surface area contributed by atoms with Crippen molar-refractivity contribution < 1.29 is 4.74 Å². The fraction of sp³-hybridized carbons (Fsp3) is 0.0357. The first-order valence-corrected chi connectivity index (χ1v) is 22.4. The summed E-state index contributed by atoms with van der Waals surface area (Å²) < 4.78 is 9.61. The number of hydrogen-bond donors (Lipinski definition) is 0. The fourth-order valence-electron chi connectivity index (χ4n) is 10.5. The summed E-state index contributed by atoms with van der Waals surface area (Å²) in [7, 11) is -2.82. The maximum atomic E-state index is 7.19. The van der Waals surface area contributed by atoms with Gasteiger partial charge in [0.25, 0.3) is 0 Å². The standard InChI is InChI=1S/C56H41NOSi/c1-3-4-28-47-39(2)45-26-14-16-29-48(45)56(47,40-20-8-5-9-21-40)41-33-35-42(36-34-41)57-49-30-17-15-27-46(49)54-50(57)37-38-53-55(54)58-51-31-18-19-32-52(51)59(53,43-22-10-6-11-23-43)44-24-12-7-13-25-44/h3-38H,1H2,2H3/b28-4-. The van der Waals surface area contributed by atoms with E-state index < -0.39 is 13.5 Å². The molecule has 2 nitrogen and oxygen atoms in total. The summed E-state index contributed by atoms with van der Waals surface area (Å²) in [5.74, 6) is 1.89. The van der Waals surface area contributed by atoms with Crippen LogP contribution in [0.5, 0.6) is 11.5 Å². The van der Waals surface area contributed by atoms with Crippen LogP contribution in [-0.2, 0) is 5.41 Å². The lowest BCUT2D eigenvalue weighted by Crippen LogP contribution is -2.76. The first-order chi connectivity index (χ1) is 29.2. The zero-order chi connectivity index (χ0) is 39.6. The molecule has 0 N–H and O–H groups in total. The molecule has 3 heteroatoms. The molecular weight excluding hydrogens is 731 g/mol. The smallest absolute Gasteiger partial charge is 0.188 e. The van der Waals surface area contributed by atoms with Gasteiger partial charge in [-0.15, -0.1) is 0 Å². The predicted octanol–water partition coefficient (Wildman–Crippen LogP) is 11.1. The summed E-state index contributed by atoms with van der Waals surface area (Å²) in [6, 6.07) is 73.6. The number of ether oxygens (including phenoxy) is 1. The molecule has 0 saturated heterocycles. The highest BCUT2D eigenvalue weighted by atomic mass is 28.3. The monoisotopic (exact) mass is 771 g/mol. The van der Waals surface area contributed by atoms with Gasteiger partial charge in [0.15, 0.2) is 8.07 Å². The molecule has 1 aliphatic heterocycles. The minimum atomic E-state index is -2.82. The van der Waals surface area contributed by atoms with Crippen LogP contribution in [0.15, 0.2) is 231 Å². The Morgan fingerprint density at radius 3 is 1.90 bits per heavy atom. The molecule has 0 spiro atoms. The summed E-state index contributed by atoms with van der Waals surface area (Å²) in [5, 5.41) is 7.54. The Labute approximate surface area is 346 Å². The number of benzene rings is 8. The van der Waals surface area contributed by atoms with Crippen molar-refractivity contribution in [1.82, 2.24) is 4.57 Å². The Morgan fingerprint density at radius 2 is 1.17 bits per heavy atom. The highest BCUT2D eigenvalue weighted by molar-refractivity contribution is 7.21. The molecule has 0 saturated carbocycles. The van der Waals surface area contributed by atoms with E-state index in [9.17, 15) is 0 Å². The van der Waals surface area contributed by atoms with Crippen molar-refractivity contribution in [3.63, 3.8) is 0 Å². The average molecular weight is 772 g/mol. The van der Waals surface area contributed by atoms with E-state index in [0.29, 0.717) is 0 Å². The van der Waals surface area contributed by atoms with Crippen LogP contribution >= 0.6 is 0 Å². The van der Waals surface area contributed by atoms with Crippen LogP contribution in [0.25, 0.3) is 33.1 Å². The second-order valence-corrected chi connectivity index (χ2v) is 19.3. The Kier molecular flexibility index (Phi) is 8.14. The zero-order valence-electron chi connectivity index (χ0n) is 32.8. The maximum Gasteiger partial charge on any atom is 0.188 e. The summed E-state index contributed by atoms with van der Waals surface area (Å²) in [5.41, 5.74) is 10.5. The molecule has 59 heavy (non-hydrogen) atoms. The van der Waals surface area contributed by atoms with Gasteiger partial charge in [0.2, 0.25) is 0 Å². The van der Waals surface area contributed by atoms with E-state index >= 15 is 0 Å². The van der Waals surface area contributed by atoms with Gasteiger partial charge in [-0.25, -0.2) is 0 Å². The van der Waals surface area contributed by atoms with Crippen molar-refractivity contribution in [3.05, 3.63) is 253 Å². The average Bonchev–Trinajstić information content (AvgIpc) is 3.78. The lowest BCUT2D eigenvalue weighted by molar-refractivity contribution is 0.493. The van der Waals surface area contributed by atoms with Crippen LogP contribution in [-0.4, -0.2) is 12.6 Å². The van der Waals surface area contributed by atoms with Crippen molar-refractivity contribution in [2.45, 2.75) is 12.3 Å². The molecular formula is C56H41NOSi. The zero-order valence-corrected chi connectivity index (χ0v) is 33.8. The molecule has 1 aliphatic carbocycles. The summed E-state index contributed by atoms with van der Waals surface area (Å²) in [6.07, 6.45) is 6.20. The topological polar surface area (TPSA) is 14.2 Å². The minimum absolute atomic E-state index is 0.496. The van der Waals surface area contributed by atoms with Crippen LogP contribution in [0, 0.1) is 0 Å². The van der Waals surface area contributed by atoms with Crippen LogP contribution in [0.2, 0.25) is 0 Å². The molecule has 280 valence electrons. The molecule has 2 aliphatic rings. The summed E-state index contributed by atoms with van der Waals surface area (Å²) in [4.78, 5) is 0. The first-order valence-electron chi connectivity index (χ1n) is 20.4. The van der Waals surface area contributed by atoms with E-state index in [-0.39, 0.29) is 0 Å². The number of rotatable bonds is 7. The molecule has 8 aromatic carbocycles. The van der Waals surface area contributed by atoms with E-state index in [1.54, 1.807) is 0 Å². The maximum absolute atomic E-state index is 7.19. The highest BCUT2D eigenvalue weighted by Gasteiger charge is 2.49. The molecule has 0 radical (unpaired) electrons. The van der Waals surface area contributed by atoms with E-state index in [0.717, 1.165) is 33.6 Å². The molecule has 1 atom stereocenters. The third-order valence-electron chi connectivity index (χ3n) is 12.8. The van der Waals surface area contributed by atoms with Crippen LogP contribution in [0.4, 0.5) is 0 Å². The summed E-state index contributed by atoms with van der Waals surface area (Å²) >= 11 is 0. The van der Waals surface area contributed by atoms with Crippen LogP contribution in [0.1, 0.15) is 29.2 Å². The van der Waals surface area contributed by atoms with Crippen LogP contribution < -0.4 is 25.5 Å². The number of aromatic nitrogens is 1. The van der Waals surface area contributed by atoms with Crippen LogP contribution in [0.3, 0.4) is 0 Å². The van der Waals surface area contributed by atoms with Gasteiger partial charge in [-0.05, 0) is 91.4 Å². The van der Waals surface area contributed by atoms with Crippen molar-refractivity contribution in [1.29, 1.82) is 0 Å². The molecule has 1 unspecified atom stereocenters. The summed E-state index contributed by atoms with van der Waals surface area (Å²) in [6.45, 7) is 6.29. The molecule has 11 rings (SSSR count). The van der Waals surface area contributed by atoms with Gasteiger partial charge in [0.1, 0.15) is 11.5 Å². The Morgan fingerprint density at radius 1 is 0.559 bits per heavy atom. The molecule has 2 heterocycles. The minimum Gasteiger partial charge on any atom is -0.457 e. The Bertz CT molecular complexity index is 3100. The van der Waals surface area contributed by atoms with Crippen molar-refractivity contribution in [2.75, 3.05) is 0 Å². The Balaban J connectivity index is 1.16. The number of nitrogens with zero attached hydrogens (tertiary/aromatic N) is 1. The molecule has 1 aromatic heterocycles. The van der Waals surface area contributed by atoms with Gasteiger partial charge in [-0.2, -0.15) is 0 Å². The fourth-order valence-corrected chi connectivity index (χ4v) is 15.4. The third kappa shape index (κ3) is 4.92. The molecule has 9 aromatic rings. The number of allylic oxidation sites excluding steroid dienone is 5. The number of fused-ring (bicyclic) bond motifs is 7. The number of para-hydroxylation sites is 2. The second-order valence-electron chi connectivity index (χ2n) is 15.6.